The minimum atomic E-state index is -1.07. The third-order valence-corrected chi connectivity index (χ3v) is 4.18. The number of pyridine rings is 1. The molecule has 1 amide bonds. The number of ether oxygens (including phenoxy) is 1. The van der Waals surface area contributed by atoms with Crippen LogP contribution in [0.1, 0.15) is 45.3 Å². The molecule has 1 aromatic carbocycles. The maximum atomic E-state index is 12.6. The van der Waals surface area contributed by atoms with Crippen molar-refractivity contribution < 1.29 is 19.4 Å². The molecule has 130 valence electrons. The number of carboxylic acids is 1. The number of rotatable bonds is 5. The molecule has 2 aromatic rings. The predicted octanol–water partition coefficient (Wildman–Crippen LogP) is 2.77. The fraction of sp³-hybridized carbons (Fsp3) is 0.316. The van der Waals surface area contributed by atoms with Crippen molar-refractivity contribution in [2.45, 2.75) is 26.3 Å². The van der Waals surface area contributed by atoms with E-state index in [1.54, 1.807) is 4.90 Å². The summed E-state index contributed by atoms with van der Waals surface area (Å²) in [6.45, 7) is 3.81. The zero-order valence-electron chi connectivity index (χ0n) is 14.1. The van der Waals surface area contributed by atoms with Crippen molar-refractivity contribution in [2.24, 2.45) is 0 Å². The van der Waals surface area contributed by atoms with E-state index < -0.39 is 5.97 Å². The first-order chi connectivity index (χ1) is 12.1. The number of carboxylic acid groups (broad SMARTS) is 1. The average Bonchev–Trinajstić information content (AvgIpc) is 2.65. The Morgan fingerprint density at radius 3 is 2.84 bits per heavy atom. The van der Waals surface area contributed by atoms with Crippen LogP contribution in [-0.2, 0) is 13.0 Å². The summed E-state index contributed by atoms with van der Waals surface area (Å²) >= 11 is 0. The van der Waals surface area contributed by atoms with Gasteiger partial charge in [0.1, 0.15) is 11.4 Å². The summed E-state index contributed by atoms with van der Waals surface area (Å²) < 4.78 is 5.65. The van der Waals surface area contributed by atoms with Crippen molar-refractivity contribution in [3.63, 3.8) is 0 Å². The molecule has 1 aliphatic rings. The van der Waals surface area contributed by atoms with E-state index >= 15 is 0 Å². The van der Waals surface area contributed by atoms with Gasteiger partial charge in [0, 0.05) is 19.3 Å². The second-order valence-electron chi connectivity index (χ2n) is 5.99. The summed E-state index contributed by atoms with van der Waals surface area (Å²) in [7, 11) is 0. The van der Waals surface area contributed by atoms with Crippen molar-refractivity contribution in [3.8, 4) is 5.75 Å². The number of hydrogen-bond acceptors (Lipinski definition) is 4. The molecule has 0 aliphatic carbocycles. The maximum absolute atomic E-state index is 12.6. The van der Waals surface area contributed by atoms with Crippen LogP contribution >= 0.6 is 0 Å². The van der Waals surface area contributed by atoms with Crippen molar-refractivity contribution in [1.29, 1.82) is 0 Å². The van der Waals surface area contributed by atoms with Crippen LogP contribution in [0.4, 0.5) is 0 Å². The number of fused-ring (bicyclic) bond motifs is 1. The number of amides is 1. The Balaban J connectivity index is 1.75. The van der Waals surface area contributed by atoms with E-state index in [-0.39, 0.29) is 17.2 Å². The molecule has 2 heterocycles. The molecule has 1 N–H and O–H groups in total. The minimum absolute atomic E-state index is 0.0634. The van der Waals surface area contributed by atoms with E-state index in [9.17, 15) is 9.59 Å². The van der Waals surface area contributed by atoms with Crippen molar-refractivity contribution >= 4 is 11.9 Å². The maximum Gasteiger partial charge on any atom is 0.335 e. The molecule has 0 spiro atoms. The summed E-state index contributed by atoms with van der Waals surface area (Å²) in [4.78, 5) is 29.4. The van der Waals surface area contributed by atoms with Crippen LogP contribution in [0.3, 0.4) is 0 Å². The largest absolute Gasteiger partial charge is 0.494 e. The highest BCUT2D eigenvalue weighted by molar-refractivity contribution is 5.95. The molecular formula is C19H20N2O4. The Kier molecular flexibility index (Phi) is 4.97. The number of nitrogens with zero attached hydrogens (tertiary/aromatic N) is 2. The Bertz CT molecular complexity index is 804. The monoisotopic (exact) mass is 340 g/mol. The lowest BCUT2D eigenvalue weighted by Crippen LogP contribution is -2.36. The number of aromatic nitrogens is 1. The van der Waals surface area contributed by atoms with E-state index in [1.165, 1.54) is 23.9 Å². The molecule has 1 aromatic heterocycles. The third kappa shape index (κ3) is 3.79. The Labute approximate surface area is 146 Å². The van der Waals surface area contributed by atoms with Crippen LogP contribution in [0, 0.1) is 0 Å². The molecule has 0 saturated carbocycles. The molecule has 25 heavy (non-hydrogen) atoms. The Morgan fingerprint density at radius 2 is 2.08 bits per heavy atom. The van der Waals surface area contributed by atoms with Crippen LogP contribution < -0.4 is 4.74 Å². The topological polar surface area (TPSA) is 79.7 Å². The van der Waals surface area contributed by atoms with Crippen LogP contribution in [0.2, 0.25) is 0 Å². The van der Waals surface area contributed by atoms with Crippen LogP contribution in [0.5, 0.6) is 5.75 Å². The molecule has 0 unspecified atom stereocenters. The van der Waals surface area contributed by atoms with E-state index in [2.05, 4.69) is 11.9 Å². The Hall–Kier alpha value is -2.89. The minimum Gasteiger partial charge on any atom is -0.494 e. The first-order valence-electron chi connectivity index (χ1n) is 8.31. The van der Waals surface area contributed by atoms with Gasteiger partial charge in [-0.15, -0.1) is 0 Å². The van der Waals surface area contributed by atoms with Gasteiger partial charge >= 0.3 is 5.97 Å². The van der Waals surface area contributed by atoms with Crippen molar-refractivity contribution in [2.75, 3.05) is 13.2 Å². The van der Waals surface area contributed by atoms with Gasteiger partial charge in [-0.25, -0.2) is 4.79 Å². The fourth-order valence-electron chi connectivity index (χ4n) is 2.85. The molecule has 0 radical (unpaired) electrons. The van der Waals surface area contributed by atoms with Crippen LogP contribution in [-0.4, -0.2) is 40.0 Å². The van der Waals surface area contributed by atoms with Gasteiger partial charge in [0.15, 0.2) is 0 Å². The normalized spacial score (nSPS) is 13.2. The Morgan fingerprint density at radius 1 is 1.24 bits per heavy atom. The van der Waals surface area contributed by atoms with Crippen LogP contribution in [0.25, 0.3) is 0 Å². The van der Waals surface area contributed by atoms with Gasteiger partial charge in [0.25, 0.3) is 5.91 Å². The molecule has 0 bridgehead atoms. The lowest BCUT2D eigenvalue weighted by molar-refractivity contribution is 0.0696. The van der Waals surface area contributed by atoms with Gasteiger partial charge < -0.3 is 14.7 Å². The van der Waals surface area contributed by atoms with Gasteiger partial charge in [0.2, 0.25) is 0 Å². The number of carbonyl (C=O) groups excluding carboxylic acids is 1. The molecule has 3 rings (SSSR count). The second kappa shape index (κ2) is 7.34. The highest BCUT2D eigenvalue weighted by atomic mass is 16.5. The zero-order valence-corrected chi connectivity index (χ0v) is 14.1. The van der Waals surface area contributed by atoms with E-state index in [1.807, 2.05) is 18.2 Å². The number of hydrogen-bond donors (Lipinski definition) is 1. The second-order valence-corrected chi connectivity index (χ2v) is 5.99. The average molecular weight is 340 g/mol. The van der Waals surface area contributed by atoms with Crippen molar-refractivity contribution in [1.82, 2.24) is 9.88 Å². The van der Waals surface area contributed by atoms with Gasteiger partial charge in [-0.3, -0.25) is 9.78 Å². The summed E-state index contributed by atoms with van der Waals surface area (Å²) in [6, 6.07) is 8.65. The molecular weight excluding hydrogens is 320 g/mol. The molecule has 0 atom stereocenters. The van der Waals surface area contributed by atoms with Crippen molar-refractivity contribution in [3.05, 3.63) is 58.9 Å². The quantitative estimate of drug-likeness (QED) is 0.905. The van der Waals surface area contributed by atoms with Gasteiger partial charge in [-0.2, -0.15) is 0 Å². The predicted molar refractivity (Wildman–Crippen MR) is 91.9 cm³/mol. The first kappa shape index (κ1) is 17.0. The van der Waals surface area contributed by atoms with E-state index in [0.29, 0.717) is 19.7 Å². The van der Waals surface area contributed by atoms with Crippen LogP contribution in [0.15, 0.2) is 36.5 Å². The summed E-state index contributed by atoms with van der Waals surface area (Å²) in [5.74, 6) is -0.462. The third-order valence-electron chi connectivity index (χ3n) is 4.18. The number of aromatic carboxylic acids is 1. The standard InChI is InChI=1S/C19H20N2O4/c1-2-9-25-16-4-3-15-12-21(8-6-13(15)10-16)18(22)17-11-14(19(23)24)5-7-20-17/h3-5,7,10-11H,2,6,8-9,12H2,1H3,(H,23,24). The first-order valence-corrected chi connectivity index (χ1v) is 8.31. The van der Waals surface area contributed by atoms with Gasteiger partial charge in [0.05, 0.1) is 12.2 Å². The summed E-state index contributed by atoms with van der Waals surface area (Å²) in [5.41, 5.74) is 2.49. The molecule has 6 heteroatoms. The summed E-state index contributed by atoms with van der Waals surface area (Å²) in [5, 5.41) is 9.05. The summed E-state index contributed by atoms with van der Waals surface area (Å²) in [6.07, 6.45) is 3.05. The molecule has 0 fully saturated rings. The number of carbonyl (C=O) groups is 2. The lowest BCUT2D eigenvalue weighted by Gasteiger charge is -2.29. The smallest absolute Gasteiger partial charge is 0.335 e. The van der Waals surface area contributed by atoms with E-state index in [0.717, 1.165) is 24.2 Å². The van der Waals surface area contributed by atoms with Gasteiger partial charge in [-0.05, 0) is 48.2 Å². The zero-order chi connectivity index (χ0) is 17.8. The highest BCUT2D eigenvalue weighted by Crippen LogP contribution is 2.25. The molecule has 0 saturated heterocycles. The highest BCUT2D eigenvalue weighted by Gasteiger charge is 2.23. The fourth-order valence-corrected chi connectivity index (χ4v) is 2.85. The lowest BCUT2D eigenvalue weighted by atomic mass is 9.99. The molecule has 6 nitrogen and oxygen atoms in total. The SMILES string of the molecule is CCCOc1ccc2c(c1)CCN(C(=O)c1cc(C(=O)O)ccn1)C2. The van der Waals surface area contributed by atoms with Gasteiger partial charge in [-0.1, -0.05) is 13.0 Å². The number of benzene rings is 1. The van der Waals surface area contributed by atoms with E-state index in [4.69, 9.17) is 9.84 Å². The molecule has 1 aliphatic heterocycles.